The van der Waals surface area contributed by atoms with Gasteiger partial charge in [0.15, 0.2) is 0 Å². The average Bonchev–Trinajstić information content (AvgIpc) is 2.82. The molecule has 0 atom stereocenters. The van der Waals surface area contributed by atoms with E-state index in [1.165, 1.54) is 6.08 Å². The maximum atomic E-state index is 10.5. The second-order valence-corrected chi connectivity index (χ2v) is 3.90. The van der Waals surface area contributed by atoms with Gasteiger partial charge in [-0.05, 0) is 30.7 Å². The summed E-state index contributed by atoms with van der Waals surface area (Å²) in [5.74, 6) is -0.238. The number of aromatic nitrogens is 2. The van der Waals surface area contributed by atoms with Crippen LogP contribution in [0.1, 0.15) is 17.0 Å². The van der Waals surface area contributed by atoms with E-state index in [1.54, 1.807) is 30.6 Å². The van der Waals surface area contributed by atoms with Gasteiger partial charge in [0.05, 0.1) is 11.3 Å². The Hall–Kier alpha value is -2.87. The number of nitriles is 1. The summed E-state index contributed by atoms with van der Waals surface area (Å²) in [5, 5.41) is 17.8. The molecule has 2 rings (SSSR count). The van der Waals surface area contributed by atoms with Gasteiger partial charge in [-0.25, -0.2) is 9.78 Å². The molecule has 0 aliphatic heterocycles. The fourth-order valence-electron chi connectivity index (χ4n) is 1.76. The maximum absolute atomic E-state index is 10.5. The Morgan fingerprint density at radius 2 is 2.32 bits per heavy atom. The molecule has 0 fully saturated rings. The Bertz CT molecular complexity index is 693. The molecular weight excluding hydrogens is 242 g/mol. The normalized spacial score (nSPS) is 10.5. The highest BCUT2D eigenvalue weighted by Crippen LogP contribution is 2.18. The number of rotatable bonds is 3. The van der Waals surface area contributed by atoms with Crippen LogP contribution in [0.4, 0.5) is 0 Å². The van der Waals surface area contributed by atoms with Gasteiger partial charge in [-0.3, -0.25) is 0 Å². The zero-order valence-corrected chi connectivity index (χ0v) is 10.2. The van der Waals surface area contributed by atoms with Crippen LogP contribution >= 0.6 is 0 Å². The van der Waals surface area contributed by atoms with Crippen molar-refractivity contribution in [2.75, 3.05) is 0 Å². The van der Waals surface area contributed by atoms with Gasteiger partial charge in [0.1, 0.15) is 11.9 Å². The van der Waals surface area contributed by atoms with Gasteiger partial charge < -0.3 is 9.67 Å². The Labute approximate surface area is 110 Å². The van der Waals surface area contributed by atoms with Crippen molar-refractivity contribution >= 4 is 12.0 Å². The molecule has 0 radical (unpaired) electrons. The number of nitrogens with zero attached hydrogens (tertiary/aromatic N) is 3. The first kappa shape index (κ1) is 12.6. The smallest absolute Gasteiger partial charge is 0.328 e. The summed E-state index contributed by atoms with van der Waals surface area (Å²) >= 11 is 0. The van der Waals surface area contributed by atoms with Crippen LogP contribution in [0, 0.1) is 18.3 Å². The first-order valence-corrected chi connectivity index (χ1v) is 5.57. The lowest BCUT2D eigenvalue weighted by Gasteiger charge is -2.07. The van der Waals surface area contributed by atoms with E-state index in [0.29, 0.717) is 11.1 Å². The van der Waals surface area contributed by atoms with Gasteiger partial charge in [0.2, 0.25) is 0 Å². The third-order valence-corrected chi connectivity index (χ3v) is 2.64. The van der Waals surface area contributed by atoms with E-state index in [0.717, 1.165) is 17.6 Å². The minimum absolute atomic E-state index is 0.466. The molecule has 1 aromatic heterocycles. The van der Waals surface area contributed by atoms with E-state index in [9.17, 15) is 10.1 Å². The molecule has 19 heavy (non-hydrogen) atoms. The van der Waals surface area contributed by atoms with Crippen LogP contribution in [-0.2, 0) is 4.79 Å². The van der Waals surface area contributed by atoms with Crippen molar-refractivity contribution in [3.8, 4) is 11.8 Å². The molecule has 0 unspecified atom stereocenters. The minimum atomic E-state index is -1.02. The predicted molar refractivity (Wildman–Crippen MR) is 69.7 cm³/mol. The average molecular weight is 253 g/mol. The monoisotopic (exact) mass is 253 g/mol. The predicted octanol–water partition coefficient (Wildman–Crippen LogP) is 2.15. The Morgan fingerprint density at radius 3 is 2.89 bits per heavy atom. The van der Waals surface area contributed by atoms with E-state index in [-0.39, 0.29) is 0 Å². The number of imidazole rings is 1. The highest BCUT2D eigenvalue weighted by atomic mass is 16.4. The van der Waals surface area contributed by atoms with Gasteiger partial charge in [-0.1, -0.05) is 6.07 Å². The van der Waals surface area contributed by atoms with Crippen LogP contribution in [0.25, 0.3) is 11.8 Å². The Balaban J connectivity index is 2.46. The Kier molecular flexibility index (Phi) is 3.44. The second kappa shape index (κ2) is 5.19. The molecule has 0 saturated heterocycles. The van der Waals surface area contributed by atoms with Gasteiger partial charge in [-0.2, -0.15) is 5.26 Å². The highest BCUT2D eigenvalue weighted by molar-refractivity contribution is 5.85. The second-order valence-electron chi connectivity index (χ2n) is 3.90. The van der Waals surface area contributed by atoms with Crippen LogP contribution in [0.5, 0.6) is 0 Å². The van der Waals surface area contributed by atoms with Gasteiger partial charge in [-0.15, -0.1) is 0 Å². The maximum Gasteiger partial charge on any atom is 0.328 e. The van der Waals surface area contributed by atoms with Gasteiger partial charge >= 0.3 is 5.97 Å². The van der Waals surface area contributed by atoms with Crippen molar-refractivity contribution < 1.29 is 9.90 Å². The summed E-state index contributed by atoms with van der Waals surface area (Å²) in [5.41, 5.74) is 1.86. The molecule has 2 aromatic rings. The van der Waals surface area contributed by atoms with Crippen molar-refractivity contribution in [2.45, 2.75) is 6.92 Å². The largest absolute Gasteiger partial charge is 0.478 e. The van der Waals surface area contributed by atoms with Crippen LogP contribution in [0.2, 0.25) is 0 Å². The third kappa shape index (κ3) is 2.69. The summed E-state index contributed by atoms with van der Waals surface area (Å²) < 4.78 is 1.81. The molecule has 1 N–H and O–H groups in total. The highest BCUT2D eigenvalue weighted by Gasteiger charge is 2.07. The van der Waals surface area contributed by atoms with Crippen molar-refractivity contribution in [2.24, 2.45) is 0 Å². The number of aliphatic carboxylic acids is 1. The number of carbonyl (C=O) groups is 1. The summed E-state index contributed by atoms with van der Waals surface area (Å²) in [6.45, 7) is 1.85. The first-order chi connectivity index (χ1) is 9.11. The van der Waals surface area contributed by atoms with Crippen molar-refractivity contribution in [1.29, 1.82) is 5.26 Å². The fourth-order valence-corrected chi connectivity index (χ4v) is 1.76. The molecule has 0 aliphatic carbocycles. The molecule has 0 saturated carbocycles. The summed E-state index contributed by atoms with van der Waals surface area (Å²) in [6.07, 6.45) is 5.93. The molecule has 0 aliphatic rings. The number of carboxylic acids is 1. The number of carboxylic acid groups (broad SMARTS) is 1. The fraction of sp³-hybridized carbons (Fsp3) is 0.0714. The van der Waals surface area contributed by atoms with Gasteiger partial charge in [0, 0.05) is 18.5 Å². The molecule has 1 aromatic carbocycles. The lowest BCUT2D eigenvalue weighted by molar-refractivity contribution is -0.131. The summed E-state index contributed by atoms with van der Waals surface area (Å²) in [7, 11) is 0. The summed E-state index contributed by atoms with van der Waals surface area (Å²) in [6, 6.07) is 7.29. The topological polar surface area (TPSA) is 78.9 Å². The first-order valence-electron chi connectivity index (χ1n) is 5.57. The number of hydrogen-bond acceptors (Lipinski definition) is 3. The standard InChI is InChI=1S/C14H11N3O2/c1-10-16-6-7-17(10)13-4-2-11(3-5-14(18)19)8-12(13)9-15/h2-8H,1H3,(H,18,19)/b5-3+. The van der Waals surface area contributed by atoms with Crippen molar-refractivity contribution in [3.63, 3.8) is 0 Å². The molecule has 1 heterocycles. The minimum Gasteiger partial charge on any atom is -0.478 e. The zero-order valence-electron chi connectivity index (χ0n) is 10.2. The van der Waals surface area contributed by atoms with Crippen LogP contribution < -0.4 is 0 Å². The van der Waals surface area contributed by atoms with Crippen molar-refractivity contribution in [3.05, 3.63) is 53.6 Å². The molecule has 0 spiro atoms. The van der Waals surface area contributed by atoms with Crippen molar-refractivity contribution in [1.82, 2.24) is 9.55 Å². The third-order valence-electron chi connectivity index (χ3n) is 2.64. The number of benzene rings is 1. The molecule has 94 valence electrons. The number of aryl methyl sites for hydroxylation is 1. The molecular formula is C14H11N3O2. The summed E-state index contributed by atoms with van der Waals surface area (Å²) in [4.78, 5) is 14.6. The quantitative estimate of drug-likeness (QED) is 0.850. The lowest BCUT2D eigenvalue weighted by Crippen LogP contribution is -1.99. The van der Waals surface area contributed by atoms with Gasteiger partial charge in [0.25, 0.3) is 0 Å². The van der Waals surface area contributed by atoms with E-state index in [1.807, 2.05) is 11.5 Å². The van der Waals surface area contributed by atoms with E-state index in [2.05, 4.69) is 11.1 Å². The van der Waals surface area contributed by atoms with E-state index >= 15 is 0 Å². The van der Waals surface area contributed by atoms with Crippen LogP contribution in [-0.4, -0.2) is 20.6 Å². The van der Waals surface area contributed by atoms with E-state index < -0.39 is 5.97 Å². The molecule has 0 amide bonds. The van der Waals surface area contributed by atoms with Crippen LogP contribution in [0.3, 0.4) is 0 Å². The SMILES string of the molecule is Cc1nccn1-c1ccc(/C=C/C(=O)O)cc1C#N. The van der Waals surface area contributed by atoms with Crippen LogP contribution in [0.15, 0.2) is 36.7 Å². The molecule has 0 bridgehead atoms. The lowest BCUT2D eigenvalue weighted by atomic mass is 10.1. The van der Waals surface area contributed by atoms with E-state index in [4.69, 9.17) is 5.11 Å². The number of hydrogen-bond donors (Lipinski definition) is 1. The zero-order chi connectivity index (χ0) is 13.8. The molecule has 5 heteroatoms. The molecule has 5 nitrogen and oxygen atoms in total. The Morgan fingerprint density at radius 1 is 1.53 bits per heavy atom.